The van der Waals surface area contributed by atoms with Gasteiger partial charge in [0.15, 0.2) is 0 Å². The summed E-state index contributed by atoms with van der Waals surface area (Å²) in [6.45, 7) is 6.29. The quantitative estimate of drug-likeness (QED) is 0.569. The first-order valence-electron chi connectivity index (χ1n) is 5.26. The van der Waals surface area contributed by atoms with Gasteiger partial charge in [-0.3, -0.25) is 0 Å². The van der Waals surface area contributed by atoms with E-state index in [0.717, 1.165) is 36.3 Å². The molecule has 4 nitrogen and oxygen atoms in total. The second kappa shape index (κ2) is 3.36. The molecular formula is C11H16N2O2. The van der Waals surface area contributed by atoms with Crippen molar-refractivity contribution in [3.8, 4) is 0 Å². The largest absolute Gasteiger partial charge is 0.411 e. The van der Waals surface area contributed by atoms with E-state index in [-0.39, 0.29) is 5.41 Å². The zero-order chi connectivity index (χ0) is 11.1. The van der Waals surface area contributed by atoms with Gasteiger partial charge in [-0.25, -0.2) is 0 Å². The minimum Gasteiger partial charge on any atom is -0.411 e. The second-order valence-electron chi connectivity index (χ2n) is 4.85. The number of oxime groups is 1. The Kier molecular flexibility index (Phi) is 2.29. The van der Waals surface area contributed by atoms with Gasteiger partial charge in [0.05, 0.1) is 17.0 Å². The molecule has 1 N–H and O–H groups in total. The minimum atomic E-state index is 0.0824. The van der Waals surface area contributed by atoms with Crippen LogP contribution in [-0.4, -0.2) is 16.1 Å². The van der Waals surface area contributed by atoms with Crippen molar-refractivity contribution in [2.24, 2.45) is 10.6 Å². The van der Waals surface area contributed by atoms with E-state index in [9.17, 15) is 0 Å². The van der Waals surface area contributed by atoms with Gasteiger partial charge in [0, 0.05) is 6.42 Å². The molecule has 0 fully saturated rings. The van der Waals surface area contributed by atoms with Gasteiger partial charge in [0.25, 0.3) is 0 Å². The summed E-state index contributed by atoms with van der Waals surface area (Å²) in [7, 11) is 0. The molecule has 0 aliphatic heterocycles. The standard InChI is InChI=1S/C11H16N2O2/c1-4-7-10-8(12-14)5-11(2,3)6-9(10)15-13-7/h14H,4-6H2,1-3H3/b12-8-. The molecule has 0 bridgehead atoms. The third kappa shape index (κ3) is 1.64. The molecule has 1 aliphatic rings. The van der Waals surface area contributed by atoms with E-state index in [1.54, 1.807) is 0 Å². The fourth-order valence-electron chi connectivity index (χ4n) is 2.18. The summed E-state index contributed by atoms with van der Waals surface area (Å²) < 4.78 is 5.30. The highest BCUT2D eigenvalue weighted by atomic mass is 16.5. The fraction of sp³-hybridized carbons (Fsp3) is 0.636. The lowest BCUT2D eigenvalue weighted by atomic mass is 9.75. The Hall–Kier alpha value is -1.32. The lowest BCUT2D eigenvalue weighted by Gasteiger charge is -2.28. The average Bonchev–Trinajstić information content (AvgIpc) is 2.57. The molecule has 4 heteroatoms. The molecule has 0 amide bonds. The molecule has 1 aromatic rings. The van der Waals surface area contributed by atoms with Crippen LogP contribution in [0.2, 0.25) is 0 Å². The zero-order valence-electron chi connectivity index (χ0n) is 9.37. The number of hydrogen-bond donors (Lipinski definition) is 1. The predicted octanol–water partition coefficient (Wildman–Crippen LogP) is 2.39. The van der Waals surface area contributed by atoms with Gasteiger partial charge in [-0.2, -0.15) is 0 Å². The van der Waals surface area contributed by atoms with Gasteiger partial charge in [-0.15, -0.1) is 0 Å². The maximum absolute atomic E-state index is 9.03. The molecule has 82 valence electrons. The Balaban J connectivity index is 2.52. The first kappa shape index (κ1) is 10.2. The van der Waals surface area contributed by atoms with Crippen LogP contribution in [0, 0.1) is 5.41 Å². The topological polar surface area (TPSA) is 58.6 Å². The van der Waals surface area contributed by atoms with Gasteiger partial charge >= 0.3 is 0 Å². The number of nitrogens with zero attached hydrogens (tertiary/aromatic N) is 2. The van der Waals surface area contributed by atoms with Crippen LogP contribution in [0.25, 0.3) is 0 Å². The van der Waals surface area contributed by atoms with E-state index in [4.69, 9.17) is 9.73 Å². The predicted molar refractivity (Wildman–Crippen MR) is 56.3 cm³/mol. The van der Waals surface area contributed by atoms with Crippen molar-refractivity contribution >= 4 is 5.71 Å². The van der Waals surface area contributed by atoms with Gasteiger partial charge in [-0.1, -0.05) is 31.1 Å². The molecular weight excluding hydrogens is 192 g/mol. The lowest BCUT2D eigenvalue weighted by molar-refractivity contribution is 0.284. The smallest absolute Gasteiger partial charge is 0.146 e. The third-order valence-corrected chi connectivity index (χ3v) is 2.86. The Labute approximate surface area is 89.0 Å². The third-order valence-electron chi connectivity index (χ3n) is 2.86. The van der Waals surface area contributed by atoms with Crippen LogP contribution in [0.3, 0.4) is 0 Å². The van der Waals surface area contributed by atoms with Crippen molar-refractivity contribution in [3.63, 3.8) is 0 Å². The van der Waals surface area contributed by atoms with E-state index in [1.165, 1.54) is 0 Å². The van der Waals surface area contributed by atoms with Crippen LogP contribution < -0.4 is 0 Å². The highest BCUT2D eigenvalue weighted by Crippen LogP contribution is 2.36. The maximum atomic E-state index is 9.03. The van der Waals surface area contributed by atoms with Crippen LogP contribution in [-0.2, 0) is 12.8 Å². The molecule has 0 atom stereocenters. The Morgan fingerprint density at radius 1 is 1.47 bits per heavy atom. The molecule has 0 aromatic carbocycles. The Bertz CT molecular complexity index is 405. The van der Waals surface area contributed by atoms with Gasteiger partial charge < -0.3 is 9.73 Å². The number of aromatic nitrogens is 1. The van der Waals surface area contributed by atoms with Crippen molar-refractivity contribution in [2.45, 2.75) is 40.0 Å². The minimum absolute atomic E-state index is 0.0824. The van der Waals surface area contributed by atoms with E-state index in [1.807, 2.05) is 6.92 Å². The summed E-state index contributed by atoms with van der Waals surface area (Å²) in [5, 5.41) is 16.4. The van der Waals surface area contributed by atoms with E-state index < -0.39 is 0 Å². The molecule has 0 spiro atoms. The molecule has 2 rings (SSSR count). The second-order valence-corrected chi connectivity index (χ2v) is 4.85. The number of aryl methyl sites for hydroxylation is 1. The molecule has 1 heterocycles. The molecule has 1 aliphatic carbocycles. The first-order chi connectivity index (χ1) is 7.07. The van der Waals surface area contributed by atoms with Gasteiger partial charge in [0.2, 0.25) is 0 Å². The van der Waals surface area contributed by atoms with Crippen LogP contribution in [0.5, 0.6) is 0 Å². The first-order valence-corrected chi connectivity index (χ1v) is 5.26. The Morgan fingerprint density at radius 3 is 2.80 bits per heavy atom. The highest BCUT2D eigenvalue weighted by Gasteiger charge is 2.34. The summed E-state index contributed by atoms with van der Waals surface area (Å²) >= 11 is 0. The zero-order valence-corrected chi connectivity index (χ0v) is 9.37. The van der Waals surface area contributed by atoms with Crippen LogP contribution >= 0.6 is 0 Å². The molecule has 15 heavy (non-hydrogen) atoms. The molecule has 1 aromatic heterocycles. The summed E-state index contributed by atoms with van der Waals surface area (Å²) in [6, 6.07) is 0. The monoisotopic (exact) mass is 208 g/mol. The normalized spacial score (nSPS) is 21.7. The van der Waals surface area contributed by atoms with Crippen molar-refractivity contribution in [3.05, 3.63) is 17.0 Å². The fourth-order valence-corrected chi connectivity index (χ4v) is 2.18. The van der Waals surface area contributed by atoms with Crippen LogP contribution in [0.15, 0.2) is 9.68 Å². The molecule has 0 saturated carbocycles. The number of hydrogen-bond acceptors (Lipinski definition) is 4. The van der Waals surface area contributed by atoms with Crippen LogP contribution in [0.4, 0.5) is 0 Å². The van der Waals surface area contributed by atoms with Crippen molar-refractivity contribution in [1.29, 1.82) is 0 Å². The molecule has 0 radical (unpaired) electrons. The summed E-state index contributed by atoms with van der Waals surface area (Å²) in [4.78, 5) is 0. The van der Waals surface area contributed by atoms with Crippen molar-refractivity contribution < 1.29 is 9.73 Å². The molecule has 0 saturated heterocycles. The SMILES string of the molecule is CCc1noc2c1/C(=N\O)CC(C)(C)C2. The highest BCUT2D eigenvalue weighted by molar-refractivity contribution is 6.03. The van der Waals surface area contributed by atoms with E-state index in [0.29, 0.717) is 5.71 Å². The maximum Gasteiger partial charge on any atom is 0.146 e. The van der Waals surface area contributed by atoms with Crippen LogP contribution in [0.1, 0.15) is 44.2 Å². The van der Waals surface area contributed by atoms with Crippen molar-refractivity contribution in [2.75, 3.05) is 0 Å². The summed E-state index contributed by atoms with van der Waals surface area (Å²) in [6.07, 6.45) is 2.43. The van der Waals surface area contributed by atoms with Gasteiger partial charge in [-0.05, 0) is 18.3 Å². The van der Waals surface area contributed by atoms with Crippen molar-refractivity contribution in [1.82, 2.24) is 5.16 Å². The summed E-state index contributed by atoms with van der Waals surface area (Å²) in [5.74, 6) is 0.857. The van der Waals surface area contributed by atoms with E-state index in [2.05, 4.69) is 24.2 Å². The number of fused-ring (bicyclic) bond motifs is 1. The lowest BCUT2D eigenvalue weighted by Crippen LogP contribution is -2.27. The number of rotatable bonds is 1. The summed E-state index contributed by atoms with van der Waals surface area (Å²) in [5.41, 5.74) is 2.62. The average molecular weight is 208 g/mol. The van der Waals surface area contributed by atoms with Gasteiger partial charge in [0.1, 0.15) is 5.76 Å². The Morgan fingerprint density at radius 2 is 2.20 bits per heavy atom. The van der Waals surface area contributed by atoms with E-state index >= 15 is 0 Å². The molecule has 0 unspecified atom stereocenters.